The number of nitrogens with zero attached hydrogens (tertiary/aromatic N) is 2. The lowest BCUT2D eigenvalue weighted by Crippen LogP contribution is -2.36. The molecule has 0 aliphatic carbocycles. The molecule has 2 aliphatic heterocycles. The van der Waals surface area contributed by atoms with Crippen LogP contribution in [-0.4, -0.2) is 34.5 Å². The maximum atomic E-state index is 12.5. The summed E-state index contributed by atoms with van der Waals surface area (Å²) in [7, 11) is 0. The van der Waals surface area contributed by atoms with Gasteiger partial charge < -0.3 is 10.3 Å². The third kappa shape index (κ3) is 3.28. The minimum atomic E-state index is 0.0768. The van der Waals surface area contributed by atoms with E-state index in [1.807, 2.05) is 6.07 Å². The Bertz CT molecular complexity index is 750. The number of H-pyrrole nitrogens is 1. The molecule has 1 saturated heterocycles. The van der Waals surface area contributed by atoms with E-state index in [1.54, 1.807) is 0 Å². The van der Waals surface area contributed by atoms with Crippen LogP contribution in [0.4, 0.5) is 0 Å². The number of piperidine rings is 1. The van der Waals surface area contributed by atoms with Crippen molar-refractivity contribution in [1.29, 1.82) is 0 Å². The summed E-state index contributed by atoms with van der Waals surface area (Å²) in [6, 6.07) is 10.5. The van der Waals surface area contributed by atoms with Crippen LogP contribution in [0.5, 0.6) is 0 Å². The van der Waals surface area contributed by atoms with Gasteiger partial charge in [0.25, 0.3) is 5.56 Å². The number of hydrogen-bond donors (Lipinski definition) is 2. The number of aromatic nitrogens is 2. The van der Waals surface area contributed by atoms with E-state index < -0.39 is 0 Å². The van der Waals surface area contributed by atoms with Crippen molar-refractivity contribution in [2.45, 2.75) is 38.3 Å². The first-order valence-corrected chi connectivity index (χ1v) is 8.88. The highest BCUT2D eigenvalue weighted by molar-refractivity contribution is 5.23. The van der Waals surface area contributed by atoms with Crippen molar-refractivity contribution in [2.75, 3.05) is 19.6 Å². The molecule has 4 rings (SSSR count). The highest BCUT2D eigenvalue weighted by atomic mass is 16.1. The fourth-order valence-electron chi connectivity index (χ4n) is 3.78. The van der Waals surface area contributed by atoms with Gasteiger partial charge in [0, 0.05) is 31.1 Å². The van der Waals surface area contributed by atoms with Crippen molar-refractivity contribution in [1.82, 2.24) is 20.2 Å². The third-order valence-corrected chi connectivity index (χ3v) is 5.15. The Balaban J connectivity index is 1.55. The van der Waals surface area contributed by atoms with Gasteiger partial charge in [-0.1, -0.05) is 30.3 Å². The molecule has 5 heteroatoms. The highest BCUT2D eigenvalue weighted by Gasteiger charge is 2.24. The van der Waals surface area contributed by atoms with Gasteiger partial charge in [-0.15, -0.1) is 0 Å². The predicted molar refractivity (Wildman–Crippen MR) is 94.0 cm³/mol. The number of rotatable bonds is 3. The molecule has 24 heavy (non-hydrogen) atoms. The second-order valence-electron chi connectivity index (χ2n) is 6.85. The molecule has 2 N–H and O–H groups in total. The first-order chi connectivity index (χ1) is 11.8. The third-order valence-electron chi connectivity index (χ3n) is 5.15. The molecule has 0 atom stereocenters. The van der Waals surface area contributed by atoms with Gasteiger partial charge in [-0.25, -0.2) is 4.98 Å². The van der Waals surface area contributed by atoms with Crippen LogP contribution in [0.15, 0.2) is 35.1 Å². The van der Waals surface area contributed by atoms with Gasteiger partial charge in [-0.05, 0) is 37.9 Å². The summed E-state index contributed by atoms with van der Waals surface area (Å²) in [5, 5.41) is 3.37. The molecule has 5 nitrogen and oxygen atoms in total. The Kier molecular flexibility index (Phi) is 4.45. The monoisotopic (exact) mass is 324 g/mol. The molecular weight excluding hydrogens is 300 g/mol. The molecule has 0 saturated carbocycles. The zero-order valence-corrected chi connectivity index (χ0v) is 13.9. The van der Waals surface area contributed by atoms with E-state index in [2.05, 4.69) is 39.5 Å². The van der Waals surface area contributed by atoms with Crippen molar-refractivity contribution in [3.63, 3.8) is 0 Å². The van der Waals surface area contributed by atoms with Crippen LogP contribution >= 0.6 is 0 Å². The number of aromatic amines is 1. The number of hydrogen-bond acceptors (Lipinski definition) is 4. The van der Waals surface area contributed by atoms with Gasteiger partial charge in [0.15, 0.2) is 0 Å². The summed E-state index contributed by atoms with van der Waals surface area (Å²) >= 11 is 0. The first kappa shape index (κ1) is 15.5. The summed E-state index contributed by atoms with van der Waals surface area (Å²) in [5.41, 5.74) is 3.25. The Morgan fingerprint density at radius 1 is 1.17 bits per heavy atom. The maximum absolute atomic E-state index is 12.5. The van der Waals surface area contributed by atoms with Gasteiger partial charge >= 0.3 is 0 Å². The normalized spacial score (nSPS) is 19.2. The molecule has 0 bridgehead atoms. The van der Waals surface area contributed by atoms with E-state index >= 15 is 0 Å². The van der Waals surface area contributed by atoms with Gasteiger partial charge in [0.2, 0.25) is 0 Å². The summed E-state index contributed by atoms with van der Waals surface area (Å²) in [5.74, 6) is 1.27. The van der Waals surface area contributed by atoms with E-state index in [4.69, 9.17) is 4.98 Å². The number of benzene rings is 1. The molecule has 2 aromatic rings. The smallest absolute Gasteiger partial charge is 0.254 e. The molecule has 126 valence electrons. The van der Waals surface area contributed by atoms with Crippen molar-refractivity contribution in [2.24, 2.45) is 0 Å². The highest BCUT2D eigenvalue weighted by Crippen LogP contribution is 2.23. The van der Waals surface area contributed by atoms with Crippen molar-refractivity contribution >= 4 is 0 Å². The molecule has 1 aromatic carbocycles. The van der Waals surface area contributed by atoms with Crippen molar-refractivity contribution in [3.05, 3.63) is 63.3 Å². The Hall–Kier alpha value is -1.98. The second kappa shape index (κ2) is 6.87. The molecule has 2 aliphatic rings. The Morgan fingerprint density at radius 2 is 1.96 bits per heavy atom. The summed E-state index contributed by atoms with van der Waals surface area (Å²) in [6.07, 6.45) is 2.89. The van der Waals surface area contributed by atoms with E-state index in [0.29, 0.717) is 5.92 Å². The summed E-state index contributed by atoms with van der Waals surface area (Å²) in [4.78, 5) is 22.8. The largest absolute Gasteiger partial charge is 0.317 e. The van der Waals surface area contributed by atoms with Crippen molar-refractivity contribution in [3.8, 4) is 0 Å². The van der Waals surface area contributed by atoms with E-state index in [9.17, 15) is 4.79 Å². The van der Waals surface area contributed by atoms with Gasteiger partial charge in [-0.2, -0.15) is 0 Å². The van der Waals surface area contributed by atoms with Crippen LogP contribution in [0.2, 0.25) is 0 Å². The predicted octanol–water partition coefficient (Wildman–Crippen LogP) is 1.80. The van der Waals surface area contributed by atoms with E-state index in [0.717, 1.165) is 69.1 Å². The molecule has 0 radical (unpaired) electrons. The standard InChI is InChI=1S/C19H24N4O/c24-19-16-8-11-23(12-14-4-2-1-3-5-14)13-17(16)21-18(22-19)15-6-9-20-10-7-15/h1-5,15,20H,6-13H2,(H,21,22,24). The molecule has 1 aromatic heterocycles. The van der Waals surface area contributed by atoms with Crippen LogP contribution < -0.4 is 10.9 Å². The zero-order valence-electron chi connectivity index (χ0n) is 13.9. The Labute approximate surface area is 142 Å². The van der Waals surface area contributed by atoms with Gasteiger partial charge in [0.1, 0.15) is 5.82 Å². The topological polar surface area (TPSA) is 61.0 Å². The van der Waals surface area contributed by atoms with Gasteiger partial charge in [0.05, 0.1) is 5.69 Å². The maximum Gasteiger partial charge on any atom is 0.254 e. The molecule has 3 heterocycles. The minimum Gasteiger partial charge on any atom is -0.317 e. The van der Waals surface area contributed by atoms with Crippen LogP contribution in [0, 0.1) is 0 Å². The molecular formula is C19H24N4O. The zero-order chi connectivity index (χ0) is 16.4. The van der Waals surface area contributed by atoms with Crippen molar-refractivity contribution < 1.29 is 0 Å². The first-order valence-electron chi connectivity index (χ1n) is 8.88. The average molecular weight is 324 g/mol. The fraction of sp³-hybridized carbons (Fsp3) is 0.474. The van der Waals surface area contributed by atoms with Crippen LogP contribution in [0.1, 0.15) is 41.4 Å². The average Bonchev–Trinajstić information content (AvgIpc) is 2.63. The van der Waals surface area contributed by atoms with Crippen LogP contribution in [-0.2, 0) is 19.5 Å². The minimum absolute atomic E-state index is 0.0768. The SMILES string of the molecule is O=c1[nH]c(C2CCNCC2)nc2c1CCN(Cc1ccccc1)C2. The number of fused-ring (bicyclic) bond motifs is 1. The lowest BCUT2D eigenvalue weighted by Gasteiger charge is -2.29. The van der Waals surface area contributed by atoms with Crippen LogP contribution in [0.3, 0.4) is 0 Å². The lowest BCUT2D eigenvalue weighted by atomic mass is 9.96. The molecule has 0 spiro atoms. The van der Waals surface area contributed by atoms with Gasteiger partial charge in [-0.3, -0.25) is 9.69 Å². The Morgan fingerprint density at radius 3 is 2.75 bits per heavy atom. The summed E-state index contributed by atoms with van der Waals surface area (Å²) in [6.45, 7) is 4.61. The fourth-order valence-corrected chi connectivity index (χ4v) is 3.78. The molecule has 0 amide bonds. The quantitative estimate of drug-likeness (QED) is 0.904. The summed E-state index contributed by atoms with van der Waals surface area (Å²) < 4.78 is 0. The lowest BCUT2D eigenvalue weighted by molar-refractivity contribution is 0.239. The second-order valence-corrected chi connectivity index (χ2v) is 6.85. The van der Waals surface area contributed by atoms with E-state index in [-0.39, 0.29) is 5.56 Å². The van der Waals surface area contributed by atoms with E-state index in [1.165, 1.54) is 5.56 Å². The molecule has 1 fully saturated rings. The molecule has 0 unspecified atom stereocenters. The number of nitrogens with one attached hydrogen (secondary N) is 2. The van der Waals surface area contributed by atoms with Crippen LogP contribution in [0.25, 0.3) is 0 Å².